The van der Waals surface area contributed by atoms with Crippen molar-refractivity contribution in [1.29, 1.82) is 0 Å². The van der Waals surface area contributed by atoms with Crippen molar-refractivity contribution < 1.29 is 9.53 Å². The van der Waals surface area contributed by atoms with Crippen LogP contribution in [0.25, 0.3) is 0 Å². The molecule has 0 unspecified atom stereocenters. The Kier molecular flexibility index (Phi) is 8.41. The molecule has 27 heavy (non-hydrogen) atoms. The predicted molar refractivity (Wildman–Crippen MR) is 105 cm³/mol. The molecule has 2 aromatic heterocycles. The van der Waals surface area contributed by atoms with E-state index in [1.54, 1.807) is 31.0 Å². The van der Waals surface area contributed by atoms with E-state index < -0.39 is 0 Å². The molecule has 0 atom stereocenters. The SMILES string of the molecule is CCOC(=O)CCCCCCN(c1cnccn1)c1cnc(N(C)C)cn1. The minimum atomic E-state index is -0.116. The monoisotopic (exact) mass is 372 g/mol. The van der Waals surface area contributed by atoms with Gasteiger partial charge in [-0.25, -0.2) is 15.0 Å². The second-order valence-corrected chi connectivity index (χ2v) is 6.31. The van der Waals surface area contributed by atoms with Gasteiger partial charge in [0.05, 0.1) is 25.2 Å². The number of rotatable bonds is 11. The maximum absolute atomic E-state index is 11.4. The van der Waals surface area contributed by atoms with Crippen molar-refractivity contribution in [1.82, 2.24) is 19.9 Å². The van der Waals surface area contributed by atoms with Gasteiger partial charge >= 0.3 is 5.97 Å². The van der Waals surface area contributed by atoms with Crippen LogP contribution in [0.2, 0.25) is 0 Å². The number of esters is 1. The summed E-state index contributed by atoms with van der Waals surface area (Å²) in [6.07, 6.45) is 12.8. The Morgan fingerprint density at radius 2 is 1.63 bits per heavy atom. The molecule has 0 saturated heterocycles. The van der Waals surface area contributed by atoms with Crippen molar-refractivity contribution >= 4 is 23.4 Å². The summed E-state index contributed by atoms with van der Waals surface area (Å²) in [4.78, 5) is 32.8. The van der Waals surface area contributed by atoms with E-state index in [0.29, 0.717) is 13.0 Å². The Morgan fingerprint density at radius 3 is 2.26 bits per heavy atom. The lowest BCUT2D eigenvalue weighted by Gasteiger charge is -2.22. The van der Waals surface area contributed by atoms with Gasteiger partial charge in [-0.2, -0.15) is 0 Å². The van der Waals surface area contributed by atoms with Crippen LogP contribution in [-0.2, 0) is 9.53 Å². The highest BCUT2D eigenvalue weighted by molar-refractivity contribution is 5.69. The van der Waals surface area contributed by atoms with Crippen molar-refractivity contribution in [2.75, 3.05) is 37.0 Å². The van der Waals surface area contributed by atoms with E-state index in [1.807, 2.05) is 30.8 Å². The molecule has 0 aliphatic carbocycles. The highest BCUT2D eigenvalue weighted by atomic mass is 16.5. The van der Waals surface area contributed by atoms with E-state index in [2.05, 4.69) is 19.9 Å². The van der Waals surface area contributed by atoms with E-state index in [-0.39, 0.29) is 5.97 Å². The summed E-state index contributed by atoms with van der Waals surface area (Å²) in [5, 5.41) is 0. The standard InChI is InChI=1S/C19H28N6O2/c1-4-27-19(26)9-7-5-6-8-12-25(17-13-20-10-11-21-17)18-15-22-16(14-23-18)24(2)3/h10-11,13-15H,4-9,12H2,1-3H3. The van der Waals surface area contributed by atoms with Crippen LogP contribution in [0.1, 0.15) is 39.0 Å². The number of aromatic nitrogens is 4. The van der Waals surface area contributed by atoms with E-state index in [9.17, 15) is 4.79 Å². The number of nitrogens with zero attached hydrogens (tertiary/aromatic N) is 6. The number of hydrogen-bond acceptors (Lipinski definition) is 8. The number of carbonyl (C=O) groups excluding carboxylic acids is 1. The highest BCUT2D eigenvalue weighted by Crippen LogP contribution is 2.22. The van der Waals surface area contributed by atoms with Gasteiger partial charge in [-0.3, -0.25) is 9.78 Å². The molecule has 146 valence electrons. The van der Waals surface area contributed by atoms with Gasteiger partial charge in [0.15, 0.2) is 11.6 Å². The van der Waals surface area contributed by atoms with E-state index in [0.717, 1.165) is 49.7 Å². The molecule has 0 radical (unpaired) electrons. The maximum atomic E-state index is 11.4. The van der Waals surface area contributed by atoms with Gasteiger partial charge in [-0.15, -0.1) is 0 Å². The quantitative estimate of drug-likeness (QED) is 0.440. The summed E-state index contributed by atoms with van der Waals surface area (Å²) in [6.45, 7) is 3.03. The lowest BCUT2D eigenvalue weighted by molar-refractivity contribution is -0.143. The molecule has 8 nitrogen and oxygen atoms in total. The first kappa shape index (κ1) is 20.5. The van der Waals surface area contributed by atoms with E-state index >= 15 is 0 Å². The Hall–Kier alpha value is -2.77. The highest BCUT2D eigenvalue weighted by Gasteiger charge is 2.13. The molecule has 2 rings (SSSR count). The molecule has 0 aromatic carbocycles. The van der Waals surface area contributed by atoms with Crippen LogP contribution in [-0.4, -0.2) is 53.2 Å². The molecule has 2 heterocycles. The molecule has 2 aromatic rings. The summed E-state index contributed by atoms with van der Waals surface area (Å²) < 4.78 is 4.95. The van der Waals surface area contributed by atoms with Gasteiger partial charge in [0.2, 0.25) is 0 Å². The predicted octanol–water partition coefficient (Wildman–Crippen LogP) is 2.98. The third-order valence-electron chi connectivity index (χ3n) is 4.00. The number of hydrogen-bond donors (Lipinski definition) is 0. The third kappa shape index (κ3) is 6.80. The van der Waals surface area contributed by atoms with Gasteiger partial charge in [0, 0.05) is 39.5 Å². The normalized spacial score (nSPS) is 10.5. The van der Waals surface area contributed by atoms with Crippen molar-refractivity contribution in [3.8, 4) is 0 Å². The molecule has 0 bridgehead atoms. The molecule has 0 saturated carbocycles. The second-order valence-electron chi connectivity index (χ2n) is 6.31. The van der Waals surface area contributed by atoms with Crippen LogP contribution < -0.4 is 9.80 Å². The molecule has 0 aliphatic heterocycles. The minimum absolute atomic E-state index is 0.116. The Labute approximate surface area is 160 Å². The minimum Gasteiger partial charge on any atom is -0.466 e. The number of anilines is 3. The number of carbonyl (C=O) groups is 1. The van der Waals surface area contributed by atoms with Gasteiger partial charge in [0.25, 0.3) is 0 Å². The van der Waals surface area contributed by atoms with Crippen molar-refractivity contribution in [2.24, 2.45) is 0 Å². The average Bonchev–Trinajstić information content (AvgIpc) is 2.68. The van der Waals surface area contributed by atoms with Gasteiger partial charge < -0.3 is 14.5 Å². The van der Waals surface area contributed by atoms with Crippen LogP contribution in [0.4, 0.5) is 17.5 Å². The number of unbranched alkanes of at least 4 members (excludes halogenated alkanes) is 3. The van der Waals surface area contributed by atoms with Crippen LogP contribution >= 0.6 is 0 Å². The molecular formula is C19H28N6O2. The Balaban J connectivity index is 1.91. The summed E-state index contributed by atoms with van der Waals surface area (Å²) in [5.74, 6) is 2.18. The van der Waals surface area contributed by atoms with Crippen LogP contribution in [0, 0.1) is 0 Å². The zero-order valence-electron chi connectivity index (χ0n) is 16.3. The zero-order chi connectivity index (χ0) is 19.5. The third-order valence-corrected chi connectivity index (χ3v) is 4.00. The van der Waals surface area contributed by atoms with Crippen molar-refractivity contribution in [3.63, 3.8) is 0 Å². The Bertz CT molecular complexity index is 678. The molecular weight excluding hydrogens is 344 g/mol. The van der Waals surface area contributed by atoms with Gasteiger partial charge in [0.1, 0.15) is 5.82 Å². The first-order valence-electron chi connectivity index (χ1n) is 9.30. The van der Waals surface area contributed by atoms with E-state index in [4.69, 9.17) is 4.74 Å². The zero-order valence-corrected chi connectivity index (χ0v) is 16.3. The summed E-state index contributed by atoms with van der Waals surface area (Å²) in [5.41, 5.74) is 0. The molecule has 0 spiro atoms. The first-order chi connectivity index (χ1) is 13.1. The van der Waals surface area contributed by atoms with Gasteiger partial charge in [-0.05, 0) is 19.8 Å². The molecule has 8 heteroatoms. The maximum Gasteiger partial charge on any atom is 0.305 e. The van der Waals surface area contributed by atoms with Crippen molar-refractivity contribution in [3.05, 3.63) is 31.0 Å². The molecule has 0 aliphatic rings. The lowest BCUT2D eigenvalue weighted by Crippen LogP contribution is -2.21. The number of ether oxygens (including phenoxy) is 1. The smallest absolute Gasteiger partial charge is 0.305 e. The Morgan fingerprint density at radius 1 is 0.926 bits per heavy atom. The van der Waals surface area contributed by atoms with Crippen LogP contribution in [0.5, 0.6) is 0 Å². The van der Waals surface area contributed by atoms with Gasteiger partial charge in [-0.1, -0.05) is 12.8 Å². The lowest BCUT2D eigenvalue weighted by atomic mass is 10.1. The molecule has 0 N–H and O–H groups in total. The van der Waals surface area contributed by atoms with E-state index in [1.165, 1.54) is 0 Å². The first-order valence-corrected chi connectivity index (χ1v) is 9.30. The fourth-order valence-electron chi connectivity index (χ4n) is 2.59. The topological polar surface area (TPSA) is 84.3 Å². The fraction of sp³-hybridized carbons (Fsp3) is 0.526. The largest absolute Gasteiger partial charge is 0.466 e. The average molecular weight is 372 g/mol. The fourth-order valence-corrected chi connectivity index (χ4v) is 2.59. The van der Waals surface area contributed by atoms with Crippen LogP contribution in [0.3, 0.4) is 0 Å². The summed E-state index contributed by atoms with van der Waals surface area (Å²) >= 11 is 0. The van der Waals surface area contributed by atoms with Crippen molar-refractivity contribution in [2.45, 2.75) is 39.0 Å². The summed E-state index contributed by atoms with van der Waals surface area (Å²) in [7, 11) is 3.86. The summed E-state index contributed by atoms with van der Waals surface area (Å²) in [6, 6.07) is 0. The van der Waals surface area contributed by atoms with Crippen LogP contribution in [0.15, 0.2) is 31.0 Å². The molecule has 0 fully saturated rings. The molecule has 0 amide bonds. The second kappa shape index (κ2) is 11.1.